The van der Waals surface area contributed by atoms with Gasteiger partial charge >= 0.3 is 0 Å². The van der Waals surface area contributed by atoms with Crippen LogP contribution in [0, 0.1) is 0 Å². The molecule has 0 bridgehead atoms. The lowest BCUT2D eigenvalue weighted by atomic mass is 10.0. The molecule has 0 aromatic heterocycles. The van der Waals surface area contributed by atoms with Crippen LogP contribution in [0.3, 0.4) is 0 Å². The molecular weight excluding hydrogens is 297 g/mol. The Morgan fingerprint density at radius 1 is 1.00 bits per heavy atom. The number of rotatable bonds is 5. The molecule has 0 heterocycles. The fourth-order valence-corrected chi connectivity index (χ4v) is 3.24. The summed E-state index contributed by atoms with van der Waals surface area (Å²) in [5.41, 5.74) is 7.14. The zero-order chi connectivity index (χ0) is 13.7. The van der Waals surface area contributed by atoms with E-state index in [1.54, 1.807) is 11.8 Å². The molecule has 19 heavy (non-hydrogen) atoms. The summed E-state index contributed by atoms with van der Waals surface area (Å²) in [6, 6.07) is 16.0. The monoisotopic (exact) mass is 311 g/mol. The lowest BCUT2D eigenvalue weighted by molar-refractivity contribution is 0.785. The van der Waals surface area contributed by atoms with E-state index in [2.05, 4.69) is 12.1 Å². The van der Waals surface area contributed by atoms with Crippen molar-refractivity contribution in [1.29, 1.82) is 0 Å². The third-order valence-corrected chi connectivity index (χ3v) is 4.79. The number of benzene rings is 2. The first-order valence-corrected chi connectivity index (χ1v) is 7.77. The summed E-state index contributed by atoms with van der Waals surface area (Å²) >= 11 is 13.7. The fourth-order valence-electron chi connectivity index (χ4n) is 1.79. The molecule has 4 heteroatoms. The number of thioether (sulfide) groups is 1. The molecule has 2 rings (SSSR count). The minimum absolute atomic E-state index is 0.348. The number of hydrogen-bond donors (Lipinski definition) is 1. The minimum Gasteiger partial charge on any atom is -0.330 e. The summed E-state index contributed by atoms with van der Waals surface area (Å²) in [5, 5.41) is 1.18. The molecule has 0 radical (unpaired) electrons. The van der Waals surface area contributed by atoms with Crippen molar-refractivity contribution in [2.45, 2.75) is 10.8 Å². The summed E-state index contributed by atoms with van der Waals surface area (Å²) in [5.74, 6) is 1.28. The van der Waals surface area contributed by atoms with Crippen LogP contribution >= 0.6 is 35.0 Å². The summed E-state index contributed by atoms with van der Waals surface area (Å²) in [6.45, 7) is 0.637. The van der Waals surface area contributed by atoms with Gasteiger partial charge in [0, 0.05) is 16.6 Å². The zero-order valence-electron chi connectivity index (χ0n) is 10.4. The second kappa shape index (κ2) is 7.20. The van der Waals surface area contributed by atoms with Gasteiger partial charge < -0.3 is 5.73 Å². The first-order valence-electron chi connectivity index (χ1n) is 6.03. The highest BCUT2D eigenvalue weighted by molar-refractivity contribution is 7.99. The van der Waals surface area contributed by atoms with Gasteiger partial charge in [-0.25, -0.2) is 0 Å². The summed E-state index contributed by atoms with van der Waals surface area (Å²) in [7, 11) is 0. The normalized spacial score (nSPS) is 12.4. The van der Waals surface area contributed by atoms with Crippen molar-refractivity contribution in [1.82, 2.24) is 0 Å². The topological polar surface area (TPSA) is 26.0 Å². The summed E-state index contributed by atoms with van der Waals surface area (Å²) < 4.78 is 0. The first kappa shape index (κ1) is 14.7. The van der Waals surface area contributed by atoms with Crippen LogP contribution < -0.4 is 5.73 Å². The molecule has 2 N–H and O–H groups in total. The van der Waals surface area contributed by atoms with Crippen molar-refractivity contribution >= 4 is 35.0 Å². The smallest absolute Gasteiger partial charge is 0.0603 e. The number of halogens is 2. The highest BCUT2D eigenvalue weighted by Crippen LogP contribution is 2.30. The Morgan fingerprint density at radius 2 is 1.74 bits per heavy atom. The molecule has 0 saturated carbocycles. The van der Waals surface area contributed by atoms with Gasteiger partial charge in [-0.15, -0.1) is 11.8 Å². The molecule has 0 aliphatic carbocycles. The molecule has 0 saturated heterocycles. The maximum Gasteiger partial charge on any atom is 0.0603 e. The van der Waals surface area contributed by atoms with Gasteiger partial charge in [0.15, 0.2) is 0 Å². The van der Waals surface area contributed by atoms with Crippen LogP contribution in [0.1, 0.15) is 11.5 Å². The number of nitrogens with two attached hydrogens (primary N) is 1. The lowest BCUT2D eigenvalue weighted by Crippen LogP contribution is -2.14. The average Bonchev–Trinajstić information content (AvgIpc) is 2.44. The predicted octanol–water partition coefficient (Wildman–Crippen LogP) is 4.83. The van der Waals surface area contributed by atoms with Crippen LogP contribution in [0.5, 0.6) is 0 Å². The van der Waals surface area contributed by atoms with Gasteiger partial charge in [-0.05, 0) is 30.3 Å². The van der Waals surface area contributed by atoms with Crippen LogP contribution in [-0.4, -0.2) is 12.3 Å². The molecular formula is C15H15Cl2NS. The van der Waals surface area contributed by atoms with Crippen LogP contribution in [0.2, 0.25) is 10.0 Å². The van der Waals surface area contributed by atoms with Crippen molar-refractivity contribution in [3.8, 4) is 0 Å². The van der Waals surface area contributed by atoms with E-state index in [-0.39, 0.29) is 0 Å². The van der Waals surface area contributed by atoms with Crippen molar-refractivity contribution in [2.75, 3.05) is 12.3 Å². The largest absolute Gasteiger partial charge is 0.330 e. The van der Waals surface area contributed by atoms with Crippen LogP contribution in [0.15, 0.2) is 53.4 Å². The lowest BCUT2D eigenvalue weighted by Gasteiger charge is -2.14. The van der Waals surface area contributed by atoms with E-state index in [1.807, 2.05) is 36.4 Å². The SMILES string of the molecule is NCC(CSc1ccc(Cl)c(Cl)c1)c1ccccc1. The molecule has 2 aromatic carbocycles. The highest BCUT2D eigenvalue weighted by atomic mass is 35.5. The van der Waals surface area contributed by atoms with E-state index in [1.165, 1.54) is 5.56 Å². The van der Waals surface area contributed by atoms with Crippen molar-refractivity contribution in [3.63, 3.8) is 0 Å². The molecule has 1 atom stereocenters. The third-order valence-electron chi connectivity index (χ3n) is 2.90. The quantitative estimate of drug-likeness (QED) is 0.800. The van der Waals surface area contributed by atoms with Crippen LogP contribution in [0.25, 0.3) is 0 Å². The second-order valence-corrected chi connectivity index (χ2v) is 6.14. The maximum atomic E-state index is 6.01. The van der Waals surface area contributed by atoms with Gasteiger partial charge in [-0.2, -0.15) is 0 Å². The van der Waals surface area contributed by atoms with Crippen molar-refractivity contribution in [2.24, 2.45) is 5.73 Å². The van der Waals surface area contributed by atoms with Gasteiger partial charge in [-0.1, -0.05) is 53.5 Å². The van der Waals surface area contributed by atoms with E-state index in [9.17, 15) is 0 Å². The van der Waals surface area contributed by atoms with Gasteiger partial charge in [0.1, 0.15) is 0 Å². The molecule has 0 spiro atoms. The maximum absolute atomic E-state index is 6.01. The Morgan fingerprint density at radius 3 is 2.37 bits per heavy atom. The molecule has 0 aliphatic rings. The van der Waals surface area contributed by atoms with E-state index in [0.717, 1.165) is 10.6 Å². The highest BCUT2D eigenvalue weighted by Gasteiger charge is 2.10. The predicted molar refractivity (Wildman–Crippen MR) is 85.4 cm³/mol. The Balaban J connectivity index is 2.02. The molecule has 0 fully saturated rings. The Labute approximate surface area is 128 Å². The minimum atomic E-state index is 0.348. The third kappa shape index (κ3) is 4.15. The van der Waals surface area contributed by atoms with E-state index >= 15 is 0 Å². The van der Waals surface area contributed by atoms with Crippen molar-refractivity contribution < 1.29 is 0 Å². The van der Waals surface area contributed by atoms with E-state index in [4.69, 9.17) is 28.9 Å². The Bertz CT molecular complexity index is 531. The average molecular weight is 312 g/mol. The molecule has 2 aromatic rings. The standard InChI is InChI=1S/C15H15Cl2NS/c16-14-7-6-13(8-15(14)17)19-10-12(9-18)11-4-2-1-3-5-11/h1-8,12H,9-10,18H2. The summed E-state index contributed by atoms with van der Waals surface area (Å²) in [4.78, 5) is 1.11. The molecule has 1 unspecified atom stereocenters. The van der Waals surface area contributed by atoms with Crippen molar-refractivity contribution in [3.05, 3.63) is 64.1 Å². The molecule has 0 amide bonds. The van der Waals surface area contributed by atoms with E-state index < -0.39 is 0 Å². The molecule has 1 nitrogen and oxygen atoms in total. The van der Waals surface area contributed by atoms with Gasteiger partial charge in [0.2, 0.25) is 0 Å². The molecule has 100 valence electrons. The fraction of sp³-hybridized carbons (Fsp3) is 0.200. The Hall–Kier alpha value is -0.670. The van der Waals surface area contributed by atoms with E-state index in [0.29, 0.717) is 22.5 Å². The van der Waals surface area contributed by atoms with Gasteiger partial charge in [-0.3, -0.25) is 0 Å². The first-order chi connectivity index (χ1) is 9.20. The zero-order valence-corrected chi connectivity index (χ0v) is 12.7. The molecule has 0 aliphatic heterocycles. The Kier molecular flexibility index (Phi) is 5.59. The van der Waals surface area contributed by atoms with Gasteiger partial charge in [0.05, 0.1) is 10.0 Å². The summed E-state index contributed by atoms with van der Waals surface area (Å²) in [6.07, 6.45) is 0. The number of hydrogen-bond acceptors (Lipinski definition) is 2. The van der Waals surface area contributed by atoms with Gasteiger partial charge in [0.25, 0.3) is 0 Å². The van der Waals surface area contributed by atoms with Crippen LogP contribution in [-0.2, 0) is 0 Å². The second-order valence-electron chi connectivity index (χ2n) is 4.23. The van der Waals surface area contributed by atoms with Crippen LogP contribution in [0.4, 0.5) is 0 Å².